The standard InChI is InChI=1S/C23H23N5O3S/c1-17-15-27(12-13-28(17)32(30,31)19-9-7-18(14-24)8-10-19)16-23(29)26-22-6-2-5-21-20(22)4-3-11-25-21/h2-11,17H,12-13,15-16H2,1H3,(H,26,29)/t17-/m1/s1. The summed E-state index contributed by atoms with van der Waals surface area (Å²) in [5, 5.41) is 12.7. The molecule has 2 aromatic carbocycles. The molecule has 164 valence electrons. The number of fused-ring (bicyclic) bond motifs is 1. The molecule has 8 nitrogen and oxygen atoms in total. The average Bonchev–Trinajstić information content (AvgIpc) is 2.79. The van der Waals surface area contributed by atoms with Crippen molar-refractivity contribution in [3.05, 3.63) is 66.4 Å². The van der Waals surface area contributed by atoms with Crippen LogP contribution >= 0.6 is 0 Å². The maximum atomic E-state index is 13.0. The van der Waals surface area contributed by atoms with Gasteiger partial charge in [0.15, 0.2) is 0 Å². The van der Waals surface area contributed by atoms with E-state index in [2.05, 4.69) is 10.3 Å². The molecule has 1 amide bonds. The lowest BCUT2D eigenvalue weighted by atomic mass is 10.2. The second-order valence-corrected chi connectivity index (χ2v) is 9.65. The number of amides is 1. The Bertz CT molecular complexity index is 1280. The summed E-state index contributed by atoms with van der Waals surface area (Å²) in [6, 6.07) is 16.9. The third-order valence-corrected chi connectivity index (χ3v) is 7.56. The zero-order chi connectivity index (χ0) is 22.7. The van der Waals surface area contributed by atoms with Crippen LogP contribution in [0.5, 0.6) is 0 Å². The first-order valence-electron chi connectivity index (χ1n) is 10.3. The van der Waals surface area contributed by atoms with Crippen molar-refractivity contribution in [3.8, 4) is 6.07 Å². The molecule has 0 bridgehead atoms. The summed E-state index contributed by atoms with van der Waals surface area (Å²) in [7, 11) is -3.67. The van der Waals surface area contributed by atoms with Crippen LogP contribution in [-0.4, -0.2) is 60.7 Å². The van der Waals surface area contributed by atoms with Gasteiger partial charge in [-0.2, -0.15) is 9.57 Å². The van der Waals surface area contributed by atoms with Crippen LogP contribution in [0, 0.1) is 11.3 Å². The van der Waals surface area contributed by atoms with E-state index in [1.54, 1.807) is 6.20 Å². The van der Waals surface area contributed by atoms with Crippen LogP contribution in [0.25, 0.3) is 10.9 Å². The van der Waals surface area contributed by atoms with Gasteiger partial charge in [-0.25, -0.2) is 8.42 Å². The molecule has 3 aromatic rings. The highest BCUT2D eigenvalue weighted by Gasteiger charge is 2.34. The molecule has 1 fully saturated rings. The monoisotopic (exact) mass is 449 g/mol. The van der Waals surface area contributed by atoms with Crippen LogP contribution in [0.1, 0.15) is 12.5 Å². The van der Waals surface area contributed by atoms with Crippen molar-refractivity contribution in [1.29, 1.82) is 5.26 Å². The molecule has 0 unspecified atom stereocenters. The van der Waals surface area contributed by atoms with Crippen LogP contribution in [0.4, 0.5) is 5.69 Å². The van der Waals surface area contributed by atoms with Crippen molar-refractivity contribution in [2.75, 3.05) is 31.5 Å². The SMILES string of the molecule is C[C@@H]1CN(CC(=O)Nc2cccc3ncccc23)CCN1S(=O)(=O)c1ccc(C#N)cc1. The molecule has 1 aliphatic rings. The molecule has 0 spiro atoms. The molecule has 0 saturated carbocycles. The number of nitriles is 1. The number of benzene rings is 2. The van der Waals surface area contributed by atoms with E-state index >= 15 is 0 Å². The van der Waals surface area contributed by atoms with Gasteiger partial charge in [-0.05, 0) is 55.5 Å². The molecule has 9 heteroatoms. The number of aromatic nitrogens is 1. The van der Waals surface area contributed by atoms with E-state index in [0.717, 1.165) is 10.9 Å². The number of nitrogens with one attached hydrogen (secondary N) is 1. The quantitative estimate of drug-likeness (QED) is 0.641. The van der Waals surface area contributed by atoms with Crippen molar-refractivity contribution in [1.82, 2.24) is 14.2 Å². The van der Waals surface area contributed by atoms with Crippen LogP contribution in [0.15, 0.2) is 65.7 Å². The maximum Gasteiger partial charge on any atom is 0.243 e. The van der Waals surface area contributed by atoms with E-state index < -0.39 is 10.0 Å². The molecule has 0 aliphatic carbocycles. The van der Waals surface area contributed by atoms with Gasteiger partial charge in [-0.3, -0.25) is 14.7 Å². The van der Waals surface area contributed by atoms with E-state index in [-0.39, 0.29) is 29.9 Å². The summed E-state index contributed by atoms with van der Waals surface area (Å²) < 4.78 is 27.5. The van der Waals surface area contributed by atoms with Gasteiger partial charge in [0.2, 0.25) is 15.9 Å². The van der Waals surface area contributed by atoms with Gasteiger partial charge in [0.1, 0.15) is 0 Å². The first kappa shape index (κ1) is 21.9. The van der Waals surface area contributed by atoms with E-state index in [1.165, 1.54) is 28.6 Å². The second kappa shape index (κ2) is 9.04. The molecule has 4 rings (SSSR count). The lowest BCUT2D eigenvalue weighted by Gasteiger charge is -2.38. The molecule has 32 heavy (non-hydrogen) atoms. The molecule has 1 aromatic heterocycles. The fourth-order valence-corrected chi connectivity index (χ4v) is 5.57. The number of rotatable bonds is 5. The second-order valence-electron chi connectivity index (χ2n) is 7.76. The van der Waals surface area contributed by atoms with Crippen molar-refractivity contribution < 1.29 is 13.2 Å². The predicted molar refractivity (Wildman–Crippen MR) is 121 cm³/mol. The summed E-state index contributed by atoms with van der Waals surface area (Å²) in [5.41, 5.74) is 1.92. The number of piperazine rings is 1. The van der Waals surface area contributed by atoms with Gasteiger partial charge in [-0.1, -0.05) is 6.07 Å². The zero-order valence-electron chi connectivity index (χ0n) is 17.6. The van der Waals surface area contributed by atoms with Gasteiger partial charge in [-0.15, -0.1) is 0 Å². The maximum absolute atomic E-state index is 13.0. The first-order valence-corrected chi connectivity index (χ1v) is 11.7. The summed E-state index contributed by atoms with van der Waals surface area (Å²) in [5.74, 6) is -0.156. The number of carbonyl (C=O) groups is 1. The Kier molecular flexibility index (Phi) is 6.19. The van der Waals surface area contributed by atoms with E-state index in [0.29, 0.717) is 24.3 Å². The number of pyridine rings is 1. The Morgan fingerprint density at radius 1 is 1.16 bits per heavy atom. The number of hydrogen-bond donors (Lipinski definition) is 1. The smallest absolute Gasteiger partial charge is 0.243 e. The lowest BCUT2D eigenvalue weighted by molar-refractivity contribution is -0.117. The third kappa shape index (κ3) is 4.48. The number of hydrogen-bond acceptors (Lipinski definition) is 6. The van der Waals surface area contributed by atoms with Crippen molar-refractivity contribution in [2.45, 2.75) is 17.9 Å². The summed E-state index contributed by atoms with van der Waals surface area (Å²) in [4.78, 5) is 19.1. The fourth-order valence-electron chi connectivity index (χ4n) is 3.96. The summed E-state index contributed by atoms with van der Waals surface area (Å²) in [6.07, 6.45) is 1.71. The number of nitrogens with zero attached hydrogens (tertiary/aromatic N) is 4. The topological polar surface area (TPSA) is 106 Å². The molecule has 1 aliphatic heterocycles. The Hall–Kier alpha value is -3.32. The Labute approximate surface area is 187 Å². The largest absolute Gasteiger partial charge is 0.324 e. The summed E-state index contributed by atoms with van der Waals surface area (Å²) in [6.45, 7) is 3.19. The highest BCUT2D eigenvalue weighted by molar-refractivity contribution is 7.89. The van der Waals surface area contributed by atoms with Crippen LogP contribution < -0.4 is 5.32 Å². The molecular weight excluding hydrogens is 426 g/mol. The van der Waals surface area contributed by atoms with Crippen molar-refractivity contribution in [2.24, 2.45) is 0 Å². The summed E-state index contributed by atoms with van der Waals surface area (Å²) >= 11 is 0. The van der Waals surface area contributed by atoms with Gasteiger partial charge in [0.25, 0.3) is 0 Å². The Balaban J connectivity index is 1.40. The molecule has 2 heterocycles. The lowest BCUT2D eigenvalue weighted by Crippen LogP contribution is -2.55. The first-order chi connectivity index (χ1) is 15.4. The van der Waals surface area contributed by atoms with Crippen molar-refractivity contribution in [3.63, 3.8) is 0 Å². The normalized spacial score (nSPS) is 17.7. The molecule has 0 radical (unpaired) electrons. The van der Waals surface area contributed by atoms with Gasteiger partial charge >= 0.3 is 0 Å². The average molecular weight is 450 g/mol. The molecule has 1 atom stereocenters. The van der Waals surface area contributed by atoms with Gasteiger partial charge in [0.05, 0.1) is 34.3 Å². The number of carbonyl (C=O) groups excluding carboxylic acids is 1. The van der Waals surface area contributed by atoms with Crippen LogP contribution in [-0.2, 0) is 14.8 Å². The molecule has 1 saturated heterocycles. The van der Waals surface area contributed by atoms with Gasteiger partial charge in [0, 0.05) is 37.3 Å². The van der Waals surface area contributed by atoms with E-state index in [1.807, 2.05) is 48.2 Å². The Morgan fingerprint density at radius 2 is 1.94 bits per heavy atom. The minimum absolute atomic E-state index is 0.156. The predicted octanol–water partition coefficient (Wildman–Crippen LogP) is 2.44. The highest BCUT2D eigenvalue weighted by Crippen LogP contribution is 2.23. The molecular formula is C23H23N5O3S. The highest BCUT2D eigenvalue weighted by atomic mass is 32.2. The minimum Gasteiger partial charge on any atom is -0.324 e. The molecule has 1 N–H and O–H groups in total. The van der Waals surface area contributed by atoms with Crippen LogP contribution in [0.2, 0.25) is 0 Å². The number of anilines is 1. The fraction of sp³-hybridized carbons (Fsp3) is 0.261. The van der Waals surface area contributed by atoms with E-state index in [9.17, 15) is 13.2 Å². The number of sulfonamides is 1. The minimum atomic E-state index is -3.67. The van der Waals surface area contributed by atoms with Crippen LogP contribution in [0.3, 0.4) is 0 Å². The van der Waals surface area contributed by atoms with E-state index in [4.69, 9.17) is 5.26 Å². The van der Waals surface area contributed by atoms with Crippen molar-refractivity contribution >= 4 is 32.5 Å². The zero-order valence-corrected chi connectivity index (χ0v) is 18.4. The third-order valence-electron chi connectivity index (χ3n) is 5.53. The Morgan fingerprint density at radius 3 is 2.66 bits per heavy atom. The van der Waals surface area contributed by atoms with Gasteiger partial charge < -0.3 is 5.32 Å².